The lowest BCUT2D eigenvalue weighted by Gasteiger charge is -2.31. The zero-order valence-electron chi connectivity index (χ0n) is 10.5. The Hall–Kier alpha value is -1.34. The first-order chi connectivity index (χ1) is 8.51. The van der Waals surface area contributed by atoms with Crippen LogP contribution in [0.4, 0.5) is 4.39 Å². The average Bonchev–Trinajstić information content (AvgIpc) is 2.40. The number of benzene rings is 2. The van der Waals surface area contributed by atoms with Crippen molar-refractivity contribution < 1.29 is 4.39 Å². The molecule has 0 aliphatic carbocycles. The Morgan fingerprint density at radius 2 is 1.50 bits per heavy atom. The molecule has 0 fully saturated rings. The van der Waals surface area contributed by atoms with Gasteiger partial charge < -0.3 is 0 Å². The van der Waals surface area contributed by atoms with E-state index >= 15 is 0 Å². The molecule has 0 bridgehead atoms. The first-order valence-corrected chi connectivity index (χ1v) is 6.40. The van der Waals surface area contributed by atoms with Crippen molar-refractivity contribution in [2.24, 2.45) is 0 Å². The van der Waals surface area contributed by atoms with E-state index in [2.05, 4.69) is 26.0 Å². The lowest BCUT2D eigenvalue weighted by molar-refractivity contribution is 0.503. The maximum Gasteiger partial charge on any atom is 0.123 e. The van der Waals surface area contributed by atoms with Crippen LogP contribution >= 0.6 is 11.6 Å². The number of rotatable bonds is 3. The number of halogens is 2. The second kappa shape index (κ2) is 5.11. The van der Waals surface area contributed by atoms with Crippen LogP contribution in [0.25, 0.3) is 0 Å². The van der Waals surface area contributed by atoms with Gasteiger partial charge in [0.1, 0.15) is 5.82 Å². The van der Waals surface area contributed by atoms with Gasteiger partial charge >= 0.3 is 0 Å². The summed E-state index contributed by atoms with van der Waals surface area (Å²) < 4.78 is 12.9. The van der Waals surface area contributed by atoms with Crippen LogP contribution in [0.3, 0.4) is 0 Å². The van der Waals surface area contributed by atoms with Crippen LogP contribution in [-0.2, 0) is 5.41 Å². The molecule has 0 nitrogen and oxygen atoms in total. The Labute approximate surface area is 112 Å². The molecule has 0 amide bonds. The van der Waals surface area contributed by atoms with Crippen molar-refractivity contribution in [2.75, 3.05) is 0 Å². The van der Waals surface area contributed by atoms with Crippen molar-refractivity contribution in [2.45, 2.75) is 24.6 Å². The van der Waals surface area contributed by atoms with Gasteiger partial charge in [0.15, 0.2) is 0 Å². The summed E-state index contributed by atoms with van der Waals surface area (Å²) in [6, 6.07) is 16.5. The molecule has 0 spiro atoms. The standard InChI is InChI=1S/C16H16ClF/c1-16(2,13-6-4-3-5-7-13)15(17)12-8-10-14(18)11-9-12/h3-11,15H,1-2H3. The van der Waals surface area contributed by atoms with Crippen LogP contribution in [0.1, 0.15) is 30.4 Å². The molecule has 0 saturated carbocycles. The van der Waals surface area contributed by atoms with Gasteiger partial charge in [0.25, 0.3) is 0 Å². The van der Waals surface area contributed by atoms with Crippen LogP contribution < -0.4 is 0 Å². The molecule has 1 atom stereocenters. The molecule has 0 aliphatic rings. The minimum absolute atomic E-state index is 0.194. The molecule has 1 unspecified atom stereocenters. The van der Waals surface area contributed by atoms with Crippen molar-refractivity contribution in [1.29, 1.82) is 0 Å². The Balaban J connectivity index is 2.32. The van der Waals surface area contributed by atoms with E-state index in [1.165, 1.54) is 17.7 Å². The summed E-state index contributed by atoms with van der Waals surface area (Å²) in [6.45, 7) is 4.20. The topological polar surface area (TPSA) is 0 Å². The molecule has 2 aromatic carbocycles. The normalized spacial score (nSPS) is 13.3. The van der Waals surface area contributed by atoms with Gasteiger partial charge in [-0.15, -0.1) is 11.6 Å². The fraction of sp³-hybridized carbons (Fsp3) is 0.250. The van der Waals surface area contributed by atoms with E-state index < -0.39 is 0 Å². The van der Waals surface area contributed by atoms with Crippen LogP contribution in [0.15, 0.2) is 54.6 Å². The fourth-order valence-electron chi connectivity index (χ4n) is 2.06. The van der Waals surface area contributed by atoms with Gasteiger partial charge in [-0.2, -0.15) is 0 Å². The van der Waals surface area contributed by atoms with E-state index in [9.17, 15) is 4.39 Å². The predicted octanol–water partition coefficient (Wildman–Crippen LogP) is 5.08. The van der Waals surface area contributed by atoms with E-state index in [0.717, 1.165) is 5.56 Å². The van der Waals surface area contributed by atoms with E-state index in [4.69, 9.17) is 11.6 Å². The first kappa shape index (κ1) is 13.1. The molecular formula is C16H16ClF. The quantitative estimate of drug-likeness (QED) is 0.677. The maximum atomic E-state index is 12.9. The Kier molecular flexibility index (Phi) is 3.72. The summed E-state index contributed by atoms with van der Waals surface area (Å²) in [7, 11) is 0. The van der Waals surface area contributed by atoms with Crippen LogP contribution in [0.2, 0.25) is 0 Å². The summed E-state index contributed by atoms with van der Waals surface area (Å²) in [4.78, 5) is 0. The van der Waals surface area contributed by atoms with E-state index in [1.54, 1.807) is 12.1 Å². The smallest absolute Gasteiger partial charge is 0.123 e. The Morgan fingerprint density at radius 1 is 0.944 bits per heavy atom. The monoisotopic (exact) mass is 262 g/mol. The van der Waals surface area contributed by atoms with Gasteiger partial charge in [-0.3, -0.25) is 0 Å². The molecule has 0 aliphatic heterocycles. The van der Waals surface area contributed by atoms with Gasteiger partial charge in [-0.25, -0.2) is 4.39 Å². The Bertz CT molecular complexity index is 502. The lowest BCUT2D eigenvalue weighted by atomic mass is 9.79. The van der Waals surface area contributed by atoms with Crippen molar-refractivity contribution in [1.82, 2.24) is 0 Å². The van der Waals surface area contributed by atoms with Crippen molar-refractivity contribution in [3.05, 3.63) is 71.5 Å². The summed E-state index contributed by atoms with van der Waals surface area (Å²) in [6.07, 6.45) is 0. The maximum absolute atomic E-state index is 12.9. The molecule has 2 aromatic rings. The third-order valence-corrected chi connectivity index (χ3v) is 4.11. The molecule has 94 valence electrons. The Morgan fingerprint density at radius 3 is 2.06 bits per heavy atom. The fourth-order valence-corrected chi connectivity index (χ4v) is 2.33. The summed E-state index contributed by atoms with van der Waals surface area (Å²) in [5, 5.41) is -0.194. The average molecular weight is 263 g/mol. The van der Waals surface area contributed by atoms with Crippen LogP contribution in [-0.4, -0.2) is 0 Å². The number of hydrogen-bond donors (Lipinski definition) is 0. The van der Waals surface area contributed by atoms with Gasteiger partial charge in [0.05, 0.1) is 5.38 Å². The van der Waals surface area contributed by atoms with Gasteiger partial charge in [-0.1, -0.05) is 56.3 Å². The molecular weight excluding hydrogens is 247 g/mol. The van der Waals surface area contributed by atoms with Crippen molar-refractivity contribution in [3.63, 3.8) is 0 Å². The van der Waals surface area contributed by atoms with Crippen LogP contribution in [0, 0.1) is 5.82 Å². The molecule has 2 rings (SSSR count). The minimum Gasteiger partial charge on any atom is -0.207 e. The predicted molar refractivity (Wildman–Crippen MR) is 74.5 cm³/mol. The van der Waals surface area contributed by atoms with Crippen molar-refractivity contribution >= 4 is 11.6 Å². The lowest BCUT2D eigenvalue weighted by Crippen LogP contribution is -2.23. The highest BCUT2D eigenvalue weighted by Crippen LogP contribution is 2.41. The van der Waals surface area contributed by atoms with E-state index in [1.807, 2.05) is 18.2 Å². The number of hydrogen-bond acceptors (Lipinski definition) is 0. The summed E-state index contributed by atoms with van der Waals surface area (Å²) in [5.41, 5.74) is 1.90. The van der Waals surface area contributed by atoms with E-state index in [-0.39, 0.29) is 16.6 Å². The molecule has 0 aromatic heterocycles. The molecule has 18 heavy (non-hydrogen) atoms. The third kappa shape index (κ3) is 2.56. The summed E-state index contributed by atoms with van der Waals surface area (Å²) in [5.74, 6) is -0.236. The van der Waals surface area contributed by atoms with E-state index in [0.29, 0.717) is 0 Å². The SMILES string of the molecule is CC(C)(c1ccccc1)C(Cl)c1ccc(F)cc1. The molecule has 0 radical (unpaired) electrons. The highest BCUT2D eigenvalue weighted by molar-refractivity contribution is 6.21. The minimum atomic E-state index is -0.236. The number of alkyl halides is 1. The molecule has 2 heteroatoms. The summed E-state index contributed by atoms with van der Waals surface area (Å²) >= 11 is 6.56. The third-order valence-electron chi connectivity index (χ3n) is 3.31. The van der Waals surface area contributed by atoms with Gasteiger partial charge in [0, 0.05) is 5.41 Å². The molecule has 0 saturated heterocycles. The second-order valence-electron chi connectivity index (χ2n) is 5.00. The zero-order valence-corrected chi connectivity index (χ0v) is 11.3. The highest BCUT2D eigenvalue weighted by Gasteiger charge is 2.30. The van der Waals surface area contributed by atoms with Crippen LogP contribution in [0.5, 0.6) is 0 Å². The van der Waals surface area contributed by atoms with Crippen molar-refractivity contribution in [3.8, 4) is 0 Å². The molecule has 0 N–H and O–H groups in total. The molecule has 0 heterocycles. The largest absolute Gasteiger partial charge is 0.207 e. The first-order valence-electron chi connectivity index (χ1n) is 5.97. The van der Waals surface area contributed by atoms with Gasteiger partial charge in [0.2, 0.25) is 0 Å². The second-order valence-corrected chi connectivity index (χ2v) is 5.44. The zero-order chi connectivity index (χ0) is 13.2. The highest BCUT2D eigenvalue weighted by atomic mass is 35.5. The van der Waals surface area contributed by atoms with Gasteiger partial charge in [-0.05, 0) is 23.3 Å².